The monoisotopic (exact) mass is 379 g/mol. The summed E-state index contributed by atoms with van der Waals surface area (Å²) < 4.78 is 0. The summed E-state index contributed by atoms with van der Waals surface area (Å²) in [5, 5.41) is 3.61. The highest BCUT2D eigenvalue weighted by molar-refractivity contribution is 6.35. The first-order valence-electron chi connectivity index (χ1n) is 7.20. The van der Waals surface area contributed by atoms with Crippen LogP contribution in [0.2, 0.25) is 10.0 Å². The topological polar surface area (TPSA) is 75.4 Å². The minimum atomic E-state index is -0.473. The number of halogens is 3. The highest BCUT2D eigenvalue weighted by Crippen LogP contribution is 2.24. The predicted octanol–water partition coefficient (Wildman–Crippen LogP) is 2.48. The summed E-state index contributed by atoms with van der Waals surface area (Å²) in [5.74, 6) is -0.403. The normalized spacial score (nSPS) is 18.3. The maximum absolute atomic E-state index is 12.6. The lowest BCUT2D eigenvalue weighted by Gasteiger charge is -2.25. The van der Waals surface area contributed by atoms with Gasteiger partial charge in [0, 0.05) is 34.7 Å². The molecular formula is C15H20Cl3N3O2. The van der Waals surface area contributed by atoms with Gasteiger partial charge < -0.3 is 16.0 Å². The van der Waals surface area contributed by atoms with E-state index in [2.05, 4.69) is 5.32 Å². The molecule has 5 nitrogen and oxygen atoms in total. The maximum atomic E-state index is 12.6. The Kier molecular flexibility index (Phi) is 7.61. The summed E-state index contributed by atoms with van der Waals surface area (Å²) in [7, 11) is 0. The minimum absolute atomic E-state index is 0. The number of carbonyl (C=O) groups excluding carboxylic acids is 2. The van der Waals surface area contributed by atoms with Crippen LogP contribution in [0.1, 0.15) is 30.1 Å². The van der Waals surface area contributed by atoms with Crippen molar-refractivity contribution < 1.29 is 9.59 Å². The van der Waals surface area contributed by atoms with Crippen LogP contribution in [0.15, 0.2) is 18.2 Å². The van der Waals surface area contributed by atoms with Crippen molar-refractivity contribution in [3.05, 3.63) is 33.8 Å². The van der Waals surface area contributed by atoms with Crippen LogP contribution in [0.4, 0.5) is 0 Å². The summed E-state index contributed by atoms with van der Waals surface area (Å²) in [6, 6.07) is 4.10. The van der Waals surface area contributed by atoms with Gasteiger partial charge in [0.15, 0.2) is 0 Å². The zero-order valence-corrected chi connectivity index (χ0v) is 15.0. The second-order valence-corrected chi connectivity index (χ2v) is 6.33. The number of likely N-dealkylation sites (tertiary alicyclic amines) is 1. The number of nitrogens with zero attached hydrogens (tertiary/aromatic N) is 1. The first kappa shape index (κ1) is 20.0. The molecule has 3 N–H and O–H groups in total. The van der Waals surface area contributed by atoms with Crippen LogP contribution >= 0.6 is 35.6 Å². The van der Waals surface area contributed by atoms with E-state index in [1.807, 2.05) is 6.92 Å². The second-order valence-electron chi connectivity index (χ2n) is 5.46. The summed E-state index contributed by atoms with van der Waals surface area (Å²) in [6.45, 7) is 2.73. The number of rotatable bonds is 4. The Labute approximate surface area is 151 Å². The smallest absolute Gasteiger partial charge is 0.254 e. The largest absolute Gasteiger partial charge is 0.351 e. The van der Waals surface area contributed by atoms with Gasteiger partial charge in [-0.15, -0.1) is 12.4 Å². The Morgan fingerprint density at radius 1 is 1.35 bits per heavy atom. The fourth-order valence-electron chi connectivity index (χ4n) is 2.52. The molecule has 2 rings (SSSR count). The quantitative estimate of drug-likeness (QED) is 0.842. The fourth-order valence-corrected chi connectivity index (χ4v) is 3.05. The van der Waals surface area contributed by atoms with E-state index in [0.717, 1.165) is 6.42 Å². The zero-order valence-electron chi connectivity index (χ0n) is 12.7. The van der Waals surface area contributed by atoms with Crippen molar-refractivity contribution in [3.63, 3.8) is 0 Å². The lowest BCUT2D eigenvalue weighted by Crippen LogP contribution is -2.49. The van der Waals surface area contributed by atoms with Crippen molar-refractivity contribution in [2.75, 3.05) is 13.1 Å². The molecule has 1 aliphatic rings. The van der Waals surface area contributed by atoms with E-state index >= 15 is 0 Å². The maximum Gasteiger partial charge on any atom is 0.254 e. The van der Waals surface area contributed by atoms with Crippen LogP contribution in [0, 0.1) is 0 Å². The van der Waals surface area contributed by atoms with Crippen LogP contribution in [-0.2, 0) is 4.79 Å². The Bertz CT molecular complexity index is 563. The third-order valence-electron chi connectivity index (χ3n) is 3.67. The van der Waals surface area contributed by atoms with E-state index in [0.29, 0.717) is 35.1 Å². The number of amides is 2. The fraction of sp³-hybridized carbons (Fsp3) is 0.467. The molecule has 128 valence electrons. The van der Waals surface area contributed by atoms with Gasteiger partial charge in [-0.05, 0) is 38.0 Å². The molecule has 1 saturated heterocycles. The lowest BCUT2D eigenvalue weighted by molar-refractivity contribution is -0.125. The van der Waals surface area contributed by atoms with Gasteiger partial charge in [0.1, 0.15) is 6.04 Å². The number of carbonyl (C=O) groups is 2. The van der Waals surface area contributed by atoms with Gasteiger partial charge in [-0.25, -0.2) is 0 Å². The molecule has 0 saturated carbocycles. The van der Waals surface area contributed by atoms with Gasteiger partial charge in [0.25, 0.3) is 5.91 Å². The average molecular weight is 381 g/mol. The number of benzene rings is 1. The Balaban J connectivity index is 0.00000264. The highest BCUT2D eigenvalue weighted by atomic mass is 35.5. The molecule has 0 bridgehead atoms. The van der Waals surface area contributed by atoms with Gasteiger partial charge in [0.05, 0.1) is 0 Å². The van der Waals surface area contributed by atoms with E-state index in [4.69, 9.17) is 28.9 Å². The van der Waals surface area contributed by atoms with E-state index in [1.54, 1.807) is 23.1 Å². The Morgan fingerprint density at radius 3 is 2.52 bits per heavy atom. The summed E-state index contributed by atoms with van der Waals surface area (Å²) >= 11 is 11.9. The standard InChI is InChI=1S/C15H19Cl2N3O2.ClH/c1-9(8-18)19-14(21)13-3-2-4-20(13)15(22)10-5-11(16)7-12(17)6-10;/h5-7,9,13H,2-4,8,18H2,1H3,(H,19,21);1H/t9-,13?;/m0./s1. The summed E-state index contributed by atoms with van der Waals surface area (Å²) in [6.07, 6.45) is 1.43. The van der Waals surface area contributed by atoms with Crippen molar-refractivity contribution in [1.82, 2.24) is 10.2 Å². The number of nitrogens with one attached hydrogen (secondary N) is 1. The molecule has 1 aromatic rings. The van der Waals surface area contributed by atoms with E-state index in [1.165, 1.54) is 0 Å². The molecule has 0 aliphatic carbocycles. The van der Waals surface area contributed by atoms with Crippen LogP contribution in [0.25, 0.3) is 0 Å². The van der Waals surface area contributed by atoms with E-state index < -0.39 is 6.04 Å². The molecule has 1 fully saturated rings. The van der Waals surface area contributed by atoms with Crippen LogP contribution in [0.3, 0.4) is 0 Å². The van der Waals surface area contributed by atoms with Crippen molar-refractivity contribution in [3.8, 4) is 0 Å². The molecule has 1 heterocycles. The average Bonchev–Trinajstić information content (AvgIpc) is 2.94. The molecule has 1 aliphatic heterocycles. The molecule has 23 heavy (non-hydrogen) atoms. The molecule has 2 amide bonds. The van der Waals surface area contributed by atoms with Crippen molar-refractivity contribution >= 4 is 47.4 Å². The summed E-state index contributed by atoms with van der Waals surface area (Å²) in [4.78, 5) is 26.5. The molecule has 2 atom stereocenters. The Morgan fingerprint density at radius 2 is 1.96 bits per heavy atom. The first-order valence-corrected chi connectivity index (χ1v) is 7.95. The van der Waals surface area contributed by atoms with Crippen molar-refractivity contribution in [2.45, 2.75) is 31.8 Å². The predicted molar refractivity (Wildman–Crippen MR) is 94.4 cm³/mol. The highest BCUT2D eigenvalue weighted by Gasteiger charge is 2.35. The Hall–Kier alpha value is -1.01. The molecule has 0 spiro atoms. The third-order valence-corrected chi connectivity index (χ3v) is 4.10. The molecular weight excluding hydrogens is 361 g/mol. The molecule has 1 aromatic carbocycles. The molecule has 0 radical (unpaired) electrons. The zero-order chi connectivity index (χ0) is 16.3. The molecule has 0 aromatic heterocycles. The van der Waals surface area contributed by atoms with Crippen molar-refractivity contribution in [1.29, 1.82) is 0 Å². The third kappa shape index (κ3) is 4.98. The van der Waals surface area contributed by atoms with E-state index in [9.17, 15) is 9.59 Å². The molecule has 1 unspecified atom stereocenters. The van der Waals surface area contributed by atoms with Gasteiger partial charge in [0.2, 0.25) is 5.91 Å². The van der Waals surface area contributed by atoms with Gasteiger partial charge in [-0.2, -0.15) is 0 Å². The lowest BCUT2D eigenvalue weighted by atomic mass is 10.1. The van der Waals surface area contributed by atoms with Gasteiger partial charge >= 0.3 is 0 Å². The van der Waals surface area contributed by atoms with Crippen LogP contribution in [0.5, 0.6) is 0 Å². The summed E-state index contributed by atoms with van der Waals surface area (Å²) in [5.41, 5.74) is 5.91. The molecule has 8 heteroatoms. The SMILES string of the molecule is C[C@@H](CN)NC(=O)C1CCCN1C(=O)c1cc(Cl)cc(Cl)c1.Cl. The van der Waals surface area contributed by atoms with Crippen LogP contribution in [-0.4, -0.2) is 41.9 Å². The second kappa shape index (κ2) is 8.73. The first-order chi connectivity index (χ1) is 10.4. The minimum Gasteiger partial charge on any atom is -0.351 e. The number of hydrogen-bond donors (Lipinski definition) is 2. The van der Waals surface area contributed by atoms with Crippen molar-refractivity contribution in [2.24, 2.45) is 5.73 Å². The van der Waals surface area contributed by atoms with E-state index in [-0.39, 0.29) is 30.3 Å². The van der Waals surface area contributed by atoms with Crippen LogP contribution < -0.4 is 11.1 Å². The van der Waals surface area contributed by atoms with Gasteiger partial charge in [-0.3, -0.25) is 9.59 Å². The number of nitrogens with two attached hydrogens (primary N) is 1. The van der Waals surface area contributed by atoms with Gasteiger partial charge in [-0.1, -0.05) is 23.2 Å². The number of hydrogen-bond acceptors (Lipinski definition) is 3.